The van der Waals surface area contributed by atoms with Gasteiger partial charge < -0.3 is 11.1 Å². The molecule has 0 saturated carbocycles. The lowest BCUT2D eigenvalue weighted by Gasteiger charge is -2.18. The van der Waals surface area contributed by atoms with E-state index in [9.17, 15) is 15.3 Å². The smallest absolute Gasteiger partial charge is 0.237 e. The number of anilines is 2. The first-order valence-corrected chi connectivity index (χ1v) is 11.0. The van der Waals surface area contributed by atoms with Crippen molar-refractivity contribution in [3.05, 3.63) is 70.8 Å². The summed E-state index contributed by atoms with van der Waals surface area (Å²) in [5.41, 5.74) is 10.5. The van der Waals surface area contributed by atoms with Gasteiger partial charge in [0.25, 0.3) is 0 Å². The van der Waals surface area contributed by atoms with Crippen molar-refractivity contribution in [2.45, 2.75) is 37.5 Å². The largest absolute Gasteiger partial charge is 0.383 e. The van der Waals surface area contributed by atoms with Gasteiger partial charge in [0, 0.05) is 11.3 Å². The van der Waals surface area contributed by atoms with Crippen molar-refractivity contribution in [3.8, 4) is 23.3 Å². The number of nitrogen functional groups attached to an aromatic ring is 1. The number of carbonyl (C=O) groups excluding carboxylic acids is 1. The van der Waals surface area contributed by atoms with E-state index < -0.39 is 5.25 Å². The van der Waals surface area contributed by atoms with Crippen molar-refractivity contribution in [1.29, 1.82) is 10.5 Å². The van der Waals surface area contributed by atoms with Crippen molar-refractivity contribution >= 4 is 29.2 Å². The van der Waals surface area contributed by atoms with Crippen molar-refractivity contribution < 1.29 is 4.79 Å². The van der Waals surface area contributed by atoms with Gasteiger partial charge in [0.1, 0.15) is 28.5 Å². The fraction of sp³-hybridized carbons (Fsp3) is 0.200. The Labute approximate surface area is 192 Å². The maximum absolute atomic E-state index is 13.0. The van der Waals surface area contributed by atoms with Gasteiger partial charge in [-0.2, -0.15) is 10.5 Å². The van der Waals surface area contributed by atoms with Crippen LogP contribution in [0.4, 0.5) is 11.5 Å². The van der Waals surface area contributed by atoms with Crippen LogP contribution in [-0.2, 0) is 4.79 Å². The Morgan fingerprint density at radius 1 is 1.09 bits per heavy atom. The number of rotatable bonds is 6. The molecule has 0 saturated heterocycles. The summed E-state index contributed by atoms with van der Waals surface area (Å²) in [6.07, 6.45) is 0.522. The molecule has 6 nitrogen and oxygen atoms in total. The molecule has 2 aromatic carbocycles. The van der Waals surface area contributed by atoms with Crippen LogP contribution >= 0.6 is 11.8 Å². The fourth-order valence-electron chi connectivity index (χ4n) is 3.50. The number of nitrogens with one attached hydrogen (secondary N) is 1. The number of hydrogen-bond acceptors (Lipinski definition) is 6. The Kier molecular flexibility index (Phi) is 7.14. The summed E-state index contributed by atoms with van der Waals surface area (Å²) in [5.74, 6) is -0.144. The first-order chi connectivity index (χ1) is 15.4. The van der Waals surface area contributed by atoms with Gasteiger partial charge >= 0.3 is 0 Å². The summed E-state index contributed by atoms with van der Waals surface area (Å²) in [7, 11) is 0. The van der Waals surface area contributed by atoms with Gasteiger partial charge in [0.2, 0.25) is 5.91 Å². The summed E-state index contributed by atoms with van der Waals surface area (Å²) in [5, 5.41) is 22.4. The molecule has 0 bridgehead atoms. The van der Waals surface area contributed by atoms with E-state index in [2.05, 4.69) is 22.4 Å². The van der Waals surface area contributed by atoms with Gasteiger partial charge in [-0.1, -0.05) is 55.1 Å². The fourth-order valence-corrected chi connectivity index (χ4v) is 4.52. The van der Waals surface area contributed by atoms with E-state index in [0.29, 0.717) is 22.6 Å². The number of amides is 1. The number of nitriles is 2. The molecule has 32 heavy (non-hydrogen) atoms. The second kappa shape index (κ2) is 10.00. The molecule has 1 amide bonds. The lowest BCUT2D eigenvalue weighted by Crippen LogP contribution is -2.25. The average molecular weight is 442 g/mol. The van der Waals surface area contributed by atoms with Crippen LogP contribution in [0.15, 0.2) is 53.6 Å². The molecular weight excluding hydrogens is 418 g/mol. The Balaban J connectivity index is 2.00. The molecule has 7 heteroatoms. The van der Waals surface area contributed by atoms with Crippen LogP contribution in [0, 0.1) is 36.5 Å². The van der Waals surface area contributed by atoms with Crippen molar-refractivity contribution in [3.63, 3.8) is 0 Å². The third-order valence-electron chi connectivity index (χ3n) is 4.88. The number of aryl methyl sites for hydroxylation is 2. The summed E-state index contributed by atoms with van der Waals surface area (Å²) >= 11 is 1.18. The number of thioether (sulfide) groups is 1. The molecule has 160 valence electrons. The molecule has 1 heterocycles. The Morgan fingerprint density at radius 3 is 2.28 bits per heavy atom. The van der Waals surface area contributed by atoms with Gasteiger partial charge in [-0.3, -0.25) is 4.79 Å². The zero-order chi connectivity index (χ0) is 23.3. The van der Waals surface area contributed by atoms with Gasteiger partial charge in [-0.15, -0.1) is 0 Å². The Hall–Kier alpha value is -3.81. The van der Waals surface area contributed by atoms with Crippen molar-refractivity contribution in [2.75, 3.05) is 11.1 Å². The minimum atomic E-state index is -0.494. The van der Waals surface area contributed by atoms with E-state index in [-0.39, 0.29) is 22.9 Å². The minimum Gasteiger partial charge on any atom is -0.383 e. The van der Waals surface area contributed by atoms with Crippen LogP contribution in [0.1, 0.15) is 35.6 Å². The minimum absolute atomic E-state index is 0.0393. The van der Waals surface area contributed by atoms with E-state index in [1.54, 1.807) is 0 Å². The molecule has 0 radical (unpaired) electrons. The van der Waals surface area contributed by atoms with Crippen LogP contribution in [0.5, 0.6) is 0 Å². The summed E-state index contributed by atoms with van der Waals surface area (Å²) in [4.78, 5) is 17.3. The van der Waals surface area contributed by atoms with Crippen LogP contribution in [-0.4, -0.2) is 16.1 Å². The molecule has 1 atom stereocenters. The molecule has 0 aliphatic carbocycles. The van der Waals surface area contributed by atoms with E-state index in [1.807, 2.05) is 69.3 Å². The highest BCUT2D eigenvalue weighted by Crippen LogP contribution is 2.37. The molecule has 0 spiro atoms. The van der Waals surface area contributed by atoms with Crippen LogP contribution < -0.4 is 11.1 Å². The molecule has 3 aromatic rings. The molecule has 3 N–H and O–H groups in total. The first-order valence-electron chi connectivity index (χ1n) is 10.1. The molecule has 0 aliphatic heterocycles. The molecule has 0 fully saturated rings. The van der Waals surface area contributed by atoms with Crippen LogP contribution in [0.25, 0.3) is 11.1 Å². The highest BCUT2D eigenvalue weighted by molar-refractivity contribution is 8.00. The number of pyridine rings is 1. The predicted molar refractivity (Wildman–Crippen MR) is 128 cm³/mol. The number of carbonyl (C=O) groups is 1. The van der Waals surface area contributed by atoms with E-state index >= 15 is 0 Å². The third-order valence-corrected chi connectivity index (χ3v) is 6.24. The predicted octanol–water partition coefficient (Wildman–Crippen LogP) is 5.20. The standard InChI is InChI=1S/C25H23N5OS/c1-4-21(24(31)29-18-11-15(2)10-16(3)12-18)32-25-20(14-27)22(17-8-6-5-7-9-17)19(13-26)23(28)30-25/h5-12,21H,4H2,1-3H3,(H2,28,30)(H,29,31). The number of aromatic nitrogens is 1. The van der Waals surface area contributed by atoms with Crippen LogP contribution in [0.2, 0.25) is 0 Å². The lowest BCUT2D eigenvalue weighted by atomic mass is 9.97. The van der Waals surface area contributed by atoms with Crippen LogP contribution in [0.3, 0.4) is 0 Å². The molecular formula is C25H23N5OS. The quantitative estimate of drug-likeness (QED) is 0.508. The number of benzene rings is 2. The normalized spacial score (nSPS) is 11.3. The van der Waals surface area contributed by atoms with Gasteiger partial charge in [-0.25, -0.2) is 4.98 Å². The number of nitrogens with zero attached hydrogens (tertiary/aromatic N) is 3. The molecule has 3 rings (SSSR count). The second-order valence-electron chi connectivity index (χ2n) is 7.40. The average Bonchev–Trinajstić information content (AvgIpc) is 2.76. The molecule has 0 aliphatic rings. The Morgan fingerprint density at radius 2 is 1.72 bits per heavy atom. The number of nitrogens with two attached hydrogens (primary N) is 1. The molecule has 1 unspecified atom stereocenters. The van der Waals surface area contributed by atoms with Crippen molar-refractivity contribution in [2.24, 2.45) is 0 Å². The summed E-state index contributed by atoms with van der Waals surface area (Å²) in [6, 6.07) is 19.2. The summed E-state index contributed by atoms with van der Waals surface area (Å²) in [6.45, 7) is 5.85. The number of hydrogen-bond donors (Lipinski definition) is 2. The van der Waals surface area contributed by atoms with Gasteiger partial charge in [0.05, 0.1) is 10.8 Å². The van der Waals surface area contributed by atoms with Gasteiger partial charge in [-0.05, 0) is 49.1 Å². The topological polar surface area (TPSA) is 116 Å². The maximum atomic E-state index is 13.0. The monoisotopic (exact) mass is 441 g/mol. The molecule has 1 aromatic heterocycles. The van der Waals surface area contributed by atoms with Gasteiger partial charge in [0.15, 0.2) is 0 Å². The highest BCUT2D eigenvalue weighted by atomic mass is 32.2. The van der Waals surface area contributed by atoms with Crippen molar-refractivity contribution in [1.82, 2.24) is 4.98 Å². The summed E-state index contributed by atoms with van der Waals surface area (Å²) < 4.78 is 0. The van der Waals surface area contributed by atoms with E-state index in [0.717, 1.165) is 16.8 Å². The van der Waals surface area contributed by atoms with E-state index in [4.69, 9.17) is 5.73 Å². The Bertz CT molecular complexity index is 1220. The maximum Gasteiger partial charge on any atom is 0.237 e. The zero-order valence-electron chi connectivity index (χ0n) is 18.1. The third kappa shape index (κ3) is 4.91. The second-order valence-corrected chi connectivity index (χ2v) is 8.59. The highest BCUT2D eigenvalue weighted by Gasteiger charge is 2.25. The van der Waals surface area contributed by atoms with E-state index in [1.165, 1.54) is 11.8 Å². The SMILES string of the molecule is CCC(Sc1nc(N)c(C#N)c(-c2ccccc2)c1C#N)C(=O)Nc1cc(C)cc(C)c1. The zero-order valence-corrected chi connectivity index (χ0v) is 19.0. The lowest BCUT2D eigenvalue weighted by molar-refractivity contribution is -0.115. The first kappa shape index (κ1) is 22.9.